The highest BCUT2D eigenvalue weighted by atomic mass is 16.2. The van der Waals surface area contributed by atoms with E-state index in [-0.39, 0.29) is 11.4 Å². The Labute approximate surface area is 179 Å². The molecule has 2 aromatic rings. The van der Waals surface area contributed by atoms with Crippen LogP contribution < -0.4 is 10.2 Å². The van der Waals surface area contributed by atoms with Gasteiger partial charge in [-0.2, -0.15) is 0 Å². The second kappa shape index (κ2) is 7.38. The number of piperidine rings is 1. The number of aromatic nitrogens is 1. The van der Waals surface area contributed by atoms with E-state index in [4.69, 9.17) is 0 Å². The van der Waals surface area contributed by atoms with Crippen LogP contribution in [-0.2, 0) is 12.0 Å². The second-order valence-corrected chi connectivity index (χ2v) is 10.2. The first kappa shape index (κ1) is 19.6. The molecule has 1 aromatic heterocycles. The second-order valence-electron chi connectivity index (χ2n) is 10.2. The number of pyridine rings is 1. The molecule has 5 nitrogen and oxygen atoms in total. The molecule has 0 radical (unpaired) electrons. The van der Waals surface area contributed by atoms with Gasteiger partial charge in [-0.15, -0.1) is 0 Å². The highest BCUT2D eigenvalue weighted by Crippen LogP contribution is 2.49. The zero-order chi connectivity index (χ0) is 20.8. The number of hydrogen-bond acceptors (Lipinski definition) is 3. The number of nitrogens with one attached hydrogen (secondary N) is 1. The molecular weight excluding hydrogens is 372 g/mol. The Balaban J connectivity index is 1.13. The molecule has 5 rings (SSSR count). The van der Waals surface area contributed by atoms with Gasteiger partial charge in [0.15, 0.2) is 0 Å². The van der Waals surface area contributed by atoms with Crippen molar-refractivity contribution in [1.82, 2.24) is 15.2 Å². The van der Waals surface area contributed by atoms with E-state index >= 15 is 0 Å². The number of benzene rings is 1. The van der Waals surface area contributed by atoms with E-state index in [1.807, 2.05) is 23.2 Å². The lowest BCUT2D eigenvalue weighted by Gasteiger charge is -2.52. The molecular formula is C25H32N4O. The van der Waals surface area contributed by atoms with E-state index < -0.39 is 0 Å². The van der Waals surface area contributed by atoms with Gasteiger partial charge in [-0.05, 0) is 61.9 Å². The minimum absolute atomic E-state index is 0.0381. The molecule has 3 heterocycles. The van der Waals surface area contributed by atoms with Crippen molar-refractivity contribution in [2.75, 3.05) is 24.5 Å². The minimum atomic E-state index is -0.0969. The largest absolute Gasteiger partial charge is 0.335 e. The molecule has 1 saturated heterocycles. The van der Waals surface area contributed by atoms with Gasteiger partial charge in [0.05, 0.1) is 11.4 Å². The van der Waals surface area contributed by atoms with E-state index in [2.05, 4.69) is 59.4 Å². The Hall–Kier alpha value is -2.40. The van der Waals surface area contributed by atoms with Crippen molar-refractivity contribution in [3.05, 3.63) is 59.9 Å². The van der Waals surface area contributed by atoms with E-state index in [9.17, 15) is 4.79 Å². The van der Waals surface area contributed by atoms with E-state index in [0.717, 1.165) is 43.9 Å². The van der Waals surface area contributed by atoms with Crippen LogP contribution in [0.1, 0.15) is 50.8 Å². The first-order valence-electron chi connectivity index (χ1n) is 11.2. The number of fused-ring (bicyclic) bond motifs is 1. The van der Waals surface area contributed by atoms with Gasteiger partial charge in [-0.25, -0.2) is 4.79 Å². The molecule has 3 aliphatic rings. The number of carbonyl (C=O) groups is 1. The minimum Gasteiger partial charge on any atom is -0.335 e. The van der Waals surface area contributed by atoms with Crippen molar-refractivity contribution in [3.8, 4) is 0 Å². The first-order chi connectivity index (χ1) is 14.4. The molecule has 1 aliphatic carbocycles. The molecule has 0 bridgehead atoms. The summed E-state index contributed by atoms with van der Waals surface area (Å²) in [6, 6.07) is 15.0. The van der Waals surface area contributed by atoms with Gasteiger partial charge in [0, 0.05) is 30.7 Å². The topological polar surface area (TPSA) is 48.5 Å². The zero-order valence-corrected chi connectivity index (χ0v) is 18.1. The maximum absolute atomic E-state index is 13.0. The van der Waals surface area contributed by atoms with E-state index in [1.165, 1.54) is 18.4 Å². The summed E-state index contributed by atoms with van der Waals surface area (Å²) < 4.78 is 0. The summed E-state index contributed by atoms with van der Waals surface area (Å²) in [6.07, 6.45) is 6.55. The van der Waals surface area contributed by atoms with Gasteiger partial charge in [0.1, 0.15) is 0 Å². The van der Waals surface area contributed by atoms with Crippen molar-refractivity contribution in [2.24, 2.45) is 5.41 Å². The van der Waals surface area contributed by atoms with Crippen LogP contribution in [0.25, 0.3) is 0 Å². The van der Waals surface area contributed by atoms with Crippen LogP contribution in [0.4, 0.5) is 10.5 Å². The predicted molar refractivity (Wildman–Crippen MR) is 120 cm³/mol. The average molecular weight is 405 g/mol. The van der Waals surface area contributed by atoms with Crippen molar-refractivity contribution in [1.29, 1.82) is 0 Å². The molecule has 0 atom stereocenters. The fourth-order valence-electron chi connectivity index (χ4n) is 5.65. The number of amides is 2. The lowest BCUT2D eigenvalue weighted by Crippen LogP contribution is -2.57. The lowest BCUT2D eigenvalue weighted by atomic mass is 9.60. The molecule has 1 aromatic carbocycles. The maximum Gasteiger partial charge on any atom is 0.322 e. The molecule has 0 unspecified atom stereocenters. The third-order valence-electron chi connectivity index (χ3n) is 7.37. The number of urea groups is 1. The van der Waals surface area contributed by atoms with E-state index in [1.54, 1.807) is 0 Å². The Morgan fingerprint density at radius 3 is 2.57 bits per heavy atom. The van der Waals surface area contributed by atoms with Crippen LogP contribution >= 0.6 is 0 Å². The summed E-state index contributed by atoms with van der Waals surface area (Å²) in [5.41, 5.74) is 3.73. The van der Waals surface area contributed by atoms with Gasteiger partial charge < -0.3 is 5.32 Å². The summed E-state index contributed by atoms with van der Waals surface area (Å²) in [5.74, 6) is 0. The molecule has 1 N–H and O–H groups in total. The molecule has 1 spiro atoms. The van der Waals surface area contributed by atoms with E-state index in [0.29, 0.717) is 18.0 Å². The Bertz CT molecular complexity index is 910. The molecule has 2 fully saturated rings. The fourth-order valence-corrected chi connectivity index (χ4v) is 5.65. The first-order valence-corrected chi connectivity index (χ1v) is 11.2. The van der Waals surface area contributed by atoms with Crippen LogP contribution in [0.15, 0.2) is 48.7 Å². The predicted octanol–water partition coefficient (Wildman–Crippen LogP) is 4.33. The summed E-state index contributed by atoms with van der Waals surface area (Å²) in [5, 5.41) is 3.31. The van der Waals surface area contributed by atoms with Crippen LogP contribution in [-0.4, -0.2) is 41.6 Å². The Morgan fingerprint density at radius 1 is 1.10 bits per heavy atom. The molecule has 5 heteroatoms. The summed E-state index contributed by atoms with van der Waals surface area (Å²) >= 11 is 0. The summed E-state index contributed by atoms with van der Waals surface area (Å²) in [4.78, 5) is 22.0. The normalized spacial score (nSPS) is 22.5. The number of anilines is 1. The summed E-state index contributed by atoms with van der Waals surface area (Å²) in [6.45, 7) is 8.39. The van der Waals surface area contributed by atoms with Crippen molar-refractivity contribution >= 4 is 11.7 Å². The number of rotatable bonds is 3. The number of likely N-dealkylation sites (tertiary alicyclic amines) is 1. The highest BCUT2D eigenvalue weighted by molar-refractivity contribution is 5.94. The zero-order valence-electron chi connectivity index (χ0n) is 18.1. The quantitative estimate of drug-likeness (QED) is 0.828. The third kappa shape index (κ3) is 3.60. The Morgan fingerprint density at radius 2 is 1.83 bits per heavy atom. The number of nitrogens with zero attached hydrogens (tertiary/aromatic N) is 3. The van der Waals surface area contributed by atoms with Crippen LogP contribution in [0.2, 0.25) is 0 Å². The third-order valence-corrected chi connectivity index (χ3v) is 7.37. The molecule has 2 amide bonds. The van der Waals surface area contributed by atoms with Gasteiger partial charge in [0.2, 0.25) is 0 Å². The maximum atomic E-state index is 13.0. The van der Waals surface area contributed by atoms with Crippen LogP contribution in [0.5, 0.6) is 0 Å². The Kier molecular flexibility index (Phi) is 4.81. The van der Waals surface area contributed by atoms with Gasteiger partial charge in [-0.1, -0.05) is 44.2 Å². The number of hydrogen-bond donors (Lipinski definition) is 1. The number of carbonyl (C=O) groups excluding carboxylic acids is 1. The SMILES string of the molecule is CC1(C)CN(C(=O)NC2CC3(CCN(Cc4ccccc4)CC3)C2)c2cccnc21. The molecule has 158 valence electrons. The van der Waals surface area contributed by atoms with Crippen molar-refractivity contribution in [3.63, 3.8) is 0 Å². The fraction of sp³-hybridized carbons (Fsp3) is 0.520. The van der Waals surface area contributed by atoms with Gasteiger partial charge in [0.25, 0.3) is 0 Å². The standard InChI is InChI=1S/C25H32N4O/c1-24(2)18-29(21-9-6-12-26-22(21)24)23(30)27-20-15-25(16-20)10-13-28(14-11-25)17-19-7-4-3-5-8-19/h3-9,12,20H,10-11,13-18H2,1-2H3,(H,27,30). The molecule has 30 heavy (non-hydrogen) atoms. The monoisotopic (exact) mass is 404 g/mol. The summed E-state index contributed by atoms with van der Waals surface area (Å²) in [7, 11) is 0. The van der Waals surface area contributed by atoms with Crippen molar-refractivity contribution < 1.29 is 4.79 Å². The lowest BCUT2D eigenvalue weighted by molar-refractivity contribution is 0.00757. The van der Waals surface area contributed by atoms with Gasteiger partial charge in [-0.3, -0.25) is 14.8 Å². The highest BCUT2D eigenvalue weighted by Gasteiger charge is 2.47. The van der Waals surface area contributed by atoms with Gasteiger partial charge >= 0.3 is 6.03 Å². The average Bonchev–Trinajstić information content (AvgIpc) is 3.00. The smallest absolute Gasteiger partial charge is 0.322 e. The van der Waals surface area contributed by atoms with Crippen LogP contribution in [0.3, 0.4) is 0 Å². The molecule has 2 aliphatic heterocycles. The molecule has 1 saturated carbocycles. The van der Waals surface area contributed by atoms with Crippen LogP contribution in [0, 0.1) is 5.41 Å². The van der Waals surface area contributed by atoms with Crippen molar-refractivity contribution in [2.45, 2.75) is 57.5 Å².